The van der Waals surface area contributed by atoms with Gasteiger partial charge in [0.1, 0.15) is 0 Å². The third-order valence-corrected chi connectivity index (χ3v) is 1.54. The predicted molar refractivity (Wildman–Crippen MR) is 52.5 cm³/mol. The smallest absolute Gasteiger partial charge is 0.0991 e. The van der Waals surface area contributed by atoms with E-state index >= 15 is 0 Å². The zero-order valence-electron chi connectivity index (χ0n) is 7.59. The maximum atomic E-state index is 8.54. The van der Waals surface area contributed by atoms with Crippen LogP contribution in [0.4, 0.5) is 0 Å². The zero-order valence-corrected chi connectivity index (χ0v) is 7.59. The molecule has 0 atom stereocenters. The molecule has 0 bridgehead atoms. The molecule has 0 spiro atoms. The molecule has 0 aliphatic heterocycles. The van der Waals surface area contributed by atoms with Gasteiger partial charge in [-0.2, -0.15) is 5.26 Å². The molecule has 0 rings (SSSR count). The fourth-order valence-electron chi connectivity index (χ4n) is 0.508. The van der Waals surface area contributed by atoms with Crippen LogP contribution in [0.15, 0.2) is 48.1 Å². The Balaban J connectivity index is 4.59. The van der Waals surface area contributed by atoms with E-state index in [0.29, 0.717) is 5.57 Å². The second-order valence-electron chi connectivity index (χ2n) is 2.57. The SMILES string of the molecule is C=C/C(C#N)=C\C=C(/C)C(=C)C. The molecule has 12 heavy (non-hydrogen) atoms. The average Bonchev–Trinajstić information content (AvgIpc) is 2.05. The van der Waals surface area contributed by atoms with Gasteiger partial charge in [0, 0.05) is 0 Å². The molecular weight excluding hydrogens is 146 g/mol. The summed E-state index contributed by atoms with van der Waals surface area (Å²) in [6.07, 6.45) is 5.13. The number of hydrogen-bond donors (Lipinski definition) is 0. The van der Waals surface area contributed by atoms with E-state index in [1.807, 2.05) is 26.0 Å². The fourth-order valence-corrected chi connectivity index (χ4v) is 0.508. The summed E-state index contributed by atoms with van der Waals surface area (Å²) in [6, 6.07) is 2.01. The van der Waals surface area contributed by atoms with Gasteiger partial charge in [-0.3, -0.25) is 0 Å². The number of nitriles is 1. The van der Waals surface area contributed by atoms with Gasteiger partial charge < -0.3 is 0 Å². The molecule has 0 N–H and O–H groups in total. The van der Waals surface area contributed by atoms with Crippen molar-refractivity contribution in [1.82, 2.24) is 0 Å². The van der Waals surface area contributed by atoms with Gasteiger partial charge in [0.2, 0.25) is 0 Å². The molecule has 0 unspecified atom stereocenters. The third-order valence-electron chi connectivity index (χ3n) is 1.54. The predicted octanol–water partition coefficient (Wildman–Crippen LogP) is 3.14. The molecule has 0 aromatic heterocycles. The standard InChI is InChI=1S/C11H13N/c1-5-11(8-12)7-6-10(4)9(2)3/h5-7H,1-2H2,3-4H3/b10-6+,11-7+. The van der Waals surface area contributed by atoms with Crippen LogP contribution in [0.25, 0.3) is 0 Å². The molecule has 0 aromatic rings. The highest BCUT2D eigenvalue weighted by molar-refractivity contribution is 5.38. The van der Waals surface area contributed by atoms with Crippen LogP contribution < -0.4 is 0 Å². The van der Waals surface area contributed by atoms with E-state index in [0.717, 1.165) is 11.1 Å². The first-order chi connectivity index (χ1) is 5.61. The van der Waals surface area contributed by atoms with Gasteiger partial charge in [-0.1, -0.05) is 30.9 Å². The van der Waals surface area contributed by atoms with Crippen LogP contribution in [0.1, 0.15) is 13.8 Å². The van der Waals surface area contributed by atoms with E-state index < -0.39 is 0 Å². The van der Waals surface area contributed by atoms with Gasteiger partial charge in [-0.05, 0) is 25.5 Å². The number of allylic oxidation sites excluding steroid dienone is 6. The summed E-state index contributed by atoms with van der Waals surface area (Å²) >= 11 is 0. The average molecular weight is 159 g/mol. The minimum atomic E-state index is 0.565. The molecule has 1 heteroatoms. The van der Waals surface area contributed by atoms with Crippen LogP contribution in [0.5, 0.6) is 0 Å². The molecule has 0 saturated heterocycles. The first kappa shape index (κ1) is 10.5. The van der Waals surface area contributed by atoms with E-state index in [9.17, 15) is 0 Å². The Labute approximate surface area is 74.0 Å². The Morgan fingerprint density at radius 3 is 2.25 bits per heavy atom. The van der Waals surface area contributed by atoms with Crippen molar-refractivity contribution in [2.24, 2.45) is 0 Å². The summed E-state index contributed by atoms with van der Waals surface area (Å²) in [5, 5.41) is 8.54. The molecule has 0 fully saturated rings. The molecule has 0 aliphatic carbocycles. The number of hydrogen-bond acceptors (Lipinski definition) is 1. The first-order valence-corrected chi connectivity index (χ1v) is 3.68. The van der Waals surface area contributed by atoms with Gasteiger partial charge in [-0.15, -0.1) is 0 Å². The minimum Gasteiger partial charge on any atom is -0.192 e. The molecule has 62 valence electrons. The lowest BCUT2D eigenvalue weighted by molar-refractivity contribution is 1.36. The summed E-state index contributed by atoms with van der Waals surface area (Å²) in [4.78, 5) is 0. The summed E-state index contributed by atoms with van der Waals surface area (Å²) in [7, 11) is 0. The molecular formula is C11H13N. The number of nitrogens with zero attached hydrogens (tertiary/aromatic N) is 1. The highest BCUT2D eigenvalue weighted by Crippen LogP contribution is 2.05. The highest BCUT2D eigenvalue weighted by Gasteiger charge is 1.87. The van der Waals surface area contributed by atoms with Crippen LogP contribution in [-0.4, -0.2) is 0 Å². The lowest BCUT2D eigenvalue weighted by Crippen LogP contribution is -1.75. The Hall–Kier alpha value is -1.55. The highest BCUT2D eigenvalue weighted by atomic mass is 14.2. The van der Waals surface area contributed by atoms with Crippen molar-refractivity contribution in [3.63, 3.8) is 0 Å². The second-order valence-corrected chi connectivity index (χ2v) is 2.57. The molecule has 0 aliphatic rings. The van der Waals surface area contributed by atoms with E-state index in [4.69, 9.17) is 5.26 Å². The summed E-state index contributed by atoms with van der Waals surface area (Å²) in [5.74, 6) is 0. The normalized spacial score (nSPS) is 12.1. The maximum Gasteiger partial charge on any atom is 0.0991 e. The van der Waals surface area contributed by atoms with Gasteiger partial charge in [0.05, 0.1) is 11.6 Å². The largest absolute Gasteiger partial charge is 0.192 e. The molecule has 0 aromatic carbocycles. The molecule has 0 heterocycles. The summed E-state index contributed by atoms with van der Waals surface area (Å²) in [6.45, 7) is 11.2. The summed E-state index contributed by atoms with van der Waals surface area (Å²) in [5.41, 5.74) is 2.65. The Bertz CT molecular complexity index is 285. The third kappa shape index (κ3) is 3.58. The molecule has 0 radical (unpaired) electrons. The van der Waals surface area contributed by atoms with E-state index in [1.165, 1.54) is 6.08 Å². The van der Waals surface area contributed by atoms with Gasteiger partial charge in [-0.25, -0.2) is 0 Å². The minimum absolute atomic E-state index is 0.565. The lowest BCUT2D eigenvalue weighted by atomic mass is 10.1. The van der Waals surface area contributed by atoms with Crippen molar-refractivity contribution < 1.29 is 0 Å². The monoisotopic (exact) mass is 159 g/mol. The zero-order chi connectivity index (χ0) is 9.56. The maximum absolute atomic E-state index is 8.54. The molecule has 0 amide bonds. The molecule has 0 saturated carbocycles. The van der Waals surface area contributed by atoms with E-state index in [1.54, 1.807) is 6.08 Å². The van der Waals surface area contributed by atoms with Crippen LogP contribution in [0.3, 0.4) is 0 Å². The topological polar surface area (TPSA) is 23.8 Å². The number of rotatable bonds is 3. The Morgan fingerprint density at radius 2 is 1.92 bits per heavy atom. The lowest BCUT2D eigenvalue weighted by Gasteiger charge is -1.94. The first-order valence-electron chi connectivity index (χ1n) is 3.68. The van der Waals surface area contributed by atoms with Gasteiger partial charge in [0.15, 0.2) is 0 Å². The van der Waals surface area contributed by atoms with Gasteiger partial charge >= 0.3 is 0 Å². The van der Waals surface area contributed by atoms with Crippen molar-refractivity contribution in [3.8, 4) is 6.07 Å². The van der Waals surface area contributed by atoms with E-state index in [-0.39, 0.29) is 0 Å². The van der Waals surface area contributed by atoms with Crippen LogP contribution in [-0.2, 0) is 0 Å². The molecule has 1 nitrogen and oxygen atoms in total. The van der Waals surface area contributed by atoms with Crippen molar-refractivity contribution in [1.29, 1.82) is 5.26 Å². The Morgan fingerprint density at radius 1 is 1.33 bits per heavy atom. The van der Waals surface area contributed by atoms with Crippen molar-refractivity contribution in [2.75, 3.05) is 0 Å². The Kier molecular flexibility index (Phi) is 4.48. The van der Waals surface area contributed by atoms with Crippen LogP contribution in [0, 0.1) is 11.3 Å². The quantitative estimate of drug-likeness (QED) is 0.458. The van der Waals surface area contributed by atoms with Crippen molar-refractivity contribution in [3.05, 3.63) is 48.1 Å². The fraction of sp³-hybridized carbons (Fsp3) is 0.182. The summed E-state index contributed by atoms with van der Waals surface area (Å²) < 4.78 is 0. The second kappa shape index (κ2) is 5.15. The van der Waals surface area contributed by atoms with Crippen molar-refractivity contribution in [2.45, 2.75) is 13.8 Å². The van der Waals surface area contributed by atoms with Gasteiger partial charge in [0.25, 0.3) is 0 Å². The van der Waals surface area contributed by atoms with Crippen molar-refractivity contribution >= 4 is 0 Å². The van der Waals surface area contributed by atoms with Crippen LogP contribution in [0.2, 0.25) is 0 Å². The van der Waals surface area contributed by atoms with Crippen LogP contribution >= 0.6 is 0 Å². The van der Waals surface area contributed by atoms with E-state index in [2.05, 4.69) is 13.2 Å².